The quantitative estimate of drug-likeness (QED) is 0.364. The summed E-state index contributed by atoms with van der Waals surface area (Å²) in [5, 5.41) is 9.22. The van der Waals surface area contributed by atoms with E-state index >= 15 is 0 Å². The van der Waals surface area contributed by atoms with E-state index < -0.39 is 18.9 Å². The first kappa shape index (κ1) is 11.2. The van der Waals surface area contributed by atoms with Crippen LogP contribution in [0.5, 0.6) is 0 Å². The molecule has 1 atom stereocenters. The number of hydrogen-bond donors (Lipinski definition) is 1. The highest BCUT2D eigenvalue weighted by Gasteiger charge is 2.39. The predicted octanol–water partition coefficient (Wildman–Crippen LogP) is -0.839. The van der Waals surface area contributed by atoms with E-state index in [2.05, 4.69) is 0 Å². The average molecular weight is 199 g/mol. The van der Waals surface area contributed by atoms with Gasteiger partial charge in [-0.1, -0.05) is 0 Å². The molecule has 6 heteroatoms. The number of Topliss-reactive ketones (excluding diaryl/α,β-unsaturated/α-hetero) is 1. The SMILES string of the molecule is CCOC(=O)C1CN(B(C)O)CC1=O. The normalized spacial score (nSPS) is 22.5. The highest BCUT2D eigenvalue weighted by Crippen LogP contribution is 2.14. The summed E-state index contributed by atoms with van der Waals surface area (Å²) < 4.78 is 4.76. The van der Waals surface area contributed by atoms with Crippen LogP contribution in [0.1, 0.15) is 6.92 Å². The standard InChI is InChI=1S/C8H14BNO4/c1-3-14-8(12)6-4-10(9(2)13)5-7(6)11/h6,13H,3-5H2,1-2H3. The Bertz CT molecular complexity index is 243. The Labute approximate surface area is 83.2 Å². The maximum atomic E-state index is 11.4. The molecule has 0 amide bonds. The molecule has 0 spiro atoms. The van der Waals surface area contributed by atoms with E-state index in [1.54, 1.807) is 18.6 Å². The van der Waals surface area contributed by atoms with Gasteiger partial charge in [-0.15, -0.1) is 0 Å². The van der Waals surface area contributed by atoms with Crippen molar-refractivity contribution in [2.45, 2.75) is 13.7 Å². The van der Waals surface area contributed by atoms with E-state index in [-0.39, 0.29) is 25.5 Å². The molecule has 1 rings (SSSR count). The molecular weight excluding hydrogens is 185 g/mol. The fourth-order valence-electron chi connectivity index (χ4n) is 1.44. The van der Waals surface area contributed by atoms with Crippen molar-refractivity contribution >= 4 is 18.8 Å². The summed E-state index contributed by atoms with van der Waals surface area (Å²) in [7, 11) is -0.696. The Morgan fingerprint density at radius 2 is 2.43 bits per heavy atom. The van der Waals surface area contributed by atoms with Crippen LogP contribution in [0.25, 0.3) is 0 Å². The molecule has 78 valence electrons. The molecule has 1 unspecified atom stereocenters. The van der Waals surface area contributed by atoms with E-state index in [0.29, 0.717) is 0 Å². The Morgan fingerprint density at radius 3 is 2.86 bits per heavy atom. The molecule has 1 heterocycles. The molecule has 14 heavy (non-hydrogen) atoms. The zero-order valence-electron chi connectivity index (χ0n) is 8.40. The van der Waals surface area contributed by atoms with Crippen LogP contribution in [-0.4, -0.2) is 48.3 Å². The van der Waals surface area contributed by atoms with Gasteiger partial charge in [0.1, 0.15) is 5.92 Å². The van der Waals surface area contributed by atoms with Gasteiger partial charge in [0.25, 0.3) is 0 Å². The Hall–Kier alpha value is -0.875. The van der Waals surface area contributed by atoms with Gasteiger partial charge in [0.2, 0.25) is 0 Å². The summed E-state index contributed by atoms with van der Waals surface area (Å²) in [5.74, 6) is -1.38. The summed E-state index contributed by atoms with van der Waals surface area (Å²) in [6, 6.07) is 0. The molecule has 1 N–H and O–H groups in total. The smallest absolute Gasteiger partial charge is 0.376 e. The molecule has 5 nitrogen and oxygen atoms in total. The molecule has 0 aromatic carbocycles. The van der Waals surface area contributed by atoms with E-state index in [1.807, 2.05) is 0 Å². The van der Waals surface area contributed by atoms with E-state index in [4.69, 9.17) is 4.74 Å². The van der Waals surface area contributed by atoms with Crippen LogP contribution in [0.4, 0.5) is 0 Å². The van der Waals surface area contributed by atoms with Gasteiger partial charge in [-0.2, -0.15) is 0 Å². The number of rotatable bonds is 3. The summed E-state index contributed by atoms with van der Waals surface area (Å²) >= 11 is 0. The first-order valence-corrected chi connectivity index (χ1v) is 4.67. The van der Waals surface area contributed by atoms with Gasteiger partial charge in [0.05, 0.1) is 13.2 Å². The lowest BCUT2D eigenvalue weighted by Crippen LogP contribution is -2.35. The van der Waals surface area contributed by atoms with Crippen molar-refractivity contribution in [1.82, 2.24) is 4.81 Å². The second kappa shape index (κ2) is 4.57. The maximum absolute atomic E-state index is 11.4. The van der Waals surface area contributed by atoms with Gasteiger partial charge >= 0.3 is 13.0 Å². The summed E-state index contributed by atoms with van der Waals surface area (Å²) in [6.07, 6.45) is 0. The highest BCUT2D eigenvalue weighted by molar-refractivity contribution is 6.46. The van der Waals surface area contributed by atoms with Crippen molar-refractivity contribution in [1.29, 1.82) is 0 Å². The van der Waals surface area contributed by atoms with Gasteiger partial charge in [-0.3, -0.25) is 9.59 Å². The number of hydrogen-bond acceptors (Lipinski definition) is 5. The molecule has 0 aliphatic carbocycles. The third kappa shape index (κ3) is 2.33. The Morgan fingerprint density at radius 1 is 1.79 bits per heavy atom. The van der Waals surface area contributed by atoms with E-state index in [1.165, 1.54) is 0 Å². The van der Waals surface area contributed by atoms with E-state index in [0.717, 1.165) is 0 Å². The fourth-order valence-corrected chi connectivity index (χ4v) is 1.44. The van der Waals surface area contributed by atoms with Crippen LogP contribution in [0.3, 0.4) is 0 Å². The van der Waals surface area contributed by atoms with Crippen LogP contribution in [-0.2, 0) is 14.3 Å². The number of esters is 1. The maximum Gasteiger partial charge on any atom is 0.376 e. The molecule has 0 aromatic rings. The summed E-state index contributed by atoms with van der Waals surface area (Å²) in [6.45, 7) is 3.93. The first-order chi connectivity index (χ1) is 6.56. The molecule has 1 fully saturated rings. The summed E-state index contributed by atoms with van der Waals surface area (Å²) in [5.41, 5.74) is 0. The van der Waals surface area contributed by atoms with Crippen molar-refractivity contribution in [3.05, 3.63) is 0 Å². The van der Waals surface area contributed by atoms with Crippen LogP contribution in [0.15, 0.2) is 0 Å². The van der Waals surface area contributed by atoms with Gasteiger partial charge in [-0.05, 0) is 13.7 Å². The van der Waals surface area contributed by atoms with Crippen LogP contribution in [0, 0.1) is 5.92 Å². The van der Waals surface area contributed by atoms with Crippen molar-refractivity contribution in [2.75, 3.05) is 19.7 Å². The highest BCUT2D eigenvalue weighted by atomic mass is 16.5. The zero-order valence-corrected chi connectivity index (χ0v) is 8.40. The molecule has 1 aliphatic rings. The average Bonchev–Trinajstić information content (AvgIpc) is 2.48. The molecule has 1 saturated heterocycles. The van der Waals surface area contributed by atoms with Crippen molar-refractivity contribution in [2.24, 2.45) is 5.92 Å². The third-order valence-corrected chi connectivity index (χ3v) is 2.26. The Kier molecular flexibility index (Phi) is 3.65. The molecule has 1 aliphatic heterocycles. The summed E-state index contributed by atoms with van der Waals surface area (Å²) in [4.78, 5) is 24.2. The topological polar surface area (TPSA) is 66.8 Å². The van der Waals surface area contributed by atoms with Gasteiger partial charge in [0, 0.05) is 6.54 Å². The number of carbonyl (C=O) groups excluding carboxylic acids is 2. The second-order valence-electron chi connectivity index (χ2n) is 3.33. The zero-order chi connectivity index (χ0) is 10.7. The minimum absolute atomic E-state index is 0.126. The number of ketones is 1. The van der Waals surface area contributed by atoms with Gasteiger partial charge in [-0.25, -0.2) is 0 Å². The lowest BCUT2D eigenvalue weighted by atomic mass is 9.86. The van der Waals surface area contributed by atoms with Gasteiger partial charge < -0.3 is 14.6 Å². The van der Waals surface area contributed by atoms with Crippen molar-refractivity contribution in [3.8, 4) is 0 Å². The number of nitrogens with zero attached hydrogens (tertiary/aromatic N) is 1. The third-order valence-electron chi connectivity index (χ3n) is 2.26. The molecular formula is C8H14BNO4. The van der Waals surface area contributed by atoms with Gasteiger partial charge in [0.15, 0.2) is 5.78 Å². The first-order valence-electron chi connectivity index (χ1n) is 4.67. The molecule has 0 aromatic heterocycles. The monoisotopic (exact) mass is 199 g/mol. The Balaban J connectivity index is 2.56. The largest absolute Gasteiger partial charge is 0.465 e. The lowest BCUT2D eigenvalue weighted by molar-refractivity contribution is -0.149. The van der Waals surface area contributed by atoms with Crippen LogP contribution < -0.4 is 0 Å². The predicted molar refractivity (Wildman–Crippen MR) is 50.5 cm³/mol. The molecule has 0 radical (unpaired) electrons. The fraction of sp³-hybridized carbons (Fsp3) is 0.750. The second-order valence-corrected chi connectivity index (χ2v) is 3.33. The molecule has 0 bridgehead atoms. The number of carbonyl (C=O) groups is 2. The number of ether oxygens (including phenoxy) is 1. The minimum atomic E-state index is -0.718. The van der Waals surface area contributed by atoms with Crippen molar-refractivity contribution in [3.63, 3.8) is 0 Å². The van der Waals surface area contributed by atoms with Crippen LogP contribution >= 0.6 is 0 Å². The lowest BCUT2D eigenvalue weighted by Gasteiger charge is -2.14. The molecule has 0 saturated carbocycles. The van der Waals surface area contributed by atoms with Crippen molar-refractivity contribution < 1.29 is 19.3 Å². The van der Waals surface area contributed by atoms with E-state index in [9.17, 15) is 14.6 Å². The van der Waals surface area contributed by atoms with Crippen LogP contribution in [0.2, 0.25) is 6.82 Å². The minimum Gasteiger partial charge on any atom is -0.465 e.